The molecule has 0 unspecified atom stereocenters. The van der Waals surface area contributed by atoms with E-state index in [1.54, 1.807) is 49.6 Å². The molecule has 0 atom stereocenters. The van der Waals surface area contributed by atoms with E-state index in [4.69, 9.17) is 25.6 Å². The number of anilines is 1. The zero-order valence-electron chi connectivity index (χ0n) is 20.7. The average molecular weight is 537 g/mol. The maximum atomic E-state index is 13.2. The standard InChI is InChI=1S/C28H26ClFN4O4/c1-36-24-4-2-3-5-25(24)37-23-11-8-20(29)16-22(23)31-28(35)19-12-14-34(15-13-19)17-26-32-27(33-38-26)18-6-9-21(30)10-7-18/h2-11,16,19H,12-15,17H2,1H3,(H,31,35). The zero-order chi connectivity index (χ0) is 26.5. The summed E-state index contributed by atoms with van der Waals surface area (Å²) in [6.45, 7) is 1.88. The Labute approximate surface area is 224 Å². The molecule has 1 N–H and O–H groups in total. The number of piperidine rings is 1. The molecular formula is C28H26ClFN4O4. The van der Waals surface area contributed by atoms with Gasteiger partial charge in [-0.15, -0.1) is 0 Å². The molecule has 1 fully saturated rings. The van der Waals surface area contributed by atoms with Gasteiger partial charge < -0.3 is 19.3 Å². The van der Waals surface area contributed by atoms with Crippen LogP contribution in [0.3, 0.4) is 0 Å². The number of hydrogen-bond donors (Lipinski definition) is 1. The second-order valence-electron chi connectivity index (χ2n) is 8.95. The van der Waals surface area contributed by atoms with E-state index >= 15 is 0 Å². The van der Waals surface area contributed by atoms with Crippen LogP contribution < -0.4 is 14.8 Å². The third-order valence-electron chi connectivity index (χ3n) is 6.38. The highest BCUT2D eigenvalue weighted by atomic mass is 35.5. The monoisotopic (exact) mass is 536 g/mol. The minimum Gasteiger partial charge on any atom is -0.493 e. The summed E-state index contributed by atoms with van der Waals surface area (Å²) in [7, 11) is 1.57. The number of methoxy groups -OCH3 is 1. The molecule has 2 heterocycles. The second-order valence-corrected chi connectivity index (χ2v) is 9.39. The van der Waals surface area contributed by atoms with Gasteiger partial charge in [0, 0.05) is 16.5 Å². The zero-order valence-corrected chi connectivity index (χ0v) is 21.5. The van der Waals surface area contributed by atoms with Crippen molar-refractivity contribution in [3.63, 3.8) is 0 Å². The minimum atomic E-state index is -0.320. The lowest BCUT2D eigenvalue weighted by Crippen LogP contribution is -2.37. The number of ether oxygens (including phenoxy) is 2. The number of para-hydroxylation sites is 2. The first-order chi connectivity index (χ1) is 18.5. The fraction of sp³-hybridized carbons (Fsp3) is 0.250. The van der Waals surface area contributed by atoms with Gasteiger partial charge in [-0.05, 0) is 80.5 Å². The van der Waals surface area contributed by atoms with Crippen molar-refractivity contribution in [2.24, 2.45) is 5.92 Å². The van der Waals surface area contributed by atoms with Crippen LogP contribution in [0.5, 0.6) is 17.2 Å². The van der Waals surface area contributed by atoms with E-state index in [2.05, 4.69) is 20.4 Å². The lowest BCUT2D eigenvalue weighted by molar-refractivity contribution is -0.121. The van der Waals surface area contributed by atoms with Crippen LogP contribution >= 0.6 is 11.6 Å². The molecule has 0 aliphatic carbocycles. The van der Waals surface area contributed by atoms with Gasteiger partial charge in [-0.2, -0.15) is 4.98 Å². The quantitative estimate of drug-likeness (QED) is 0.287. The molecule has 3 aromatic carbocycles. The van der Waals surface area contributed by atoms with Crippen LogP contribution in [0.25, 0.3) is 11.4 Å². The van der Waals surface area contributed by atoms with Crippen LogP contribution in [-0.2, 0) is 11.3 Å². The van der Waals surface area contributed by atoms with E-state index < -0.39 is 0 Å². The van der Waals surface area contributed by atoms with Crippen LogP contribution in [-0.4, -0.2) is 41.1 Å². The highest BCUT2D eigenvalue weighted by molar-refractivity contribution is 6.31. The van der Waals surface area contributed by atoms with Crippen molar-refractivity contribution in [1.82, 2.24) is 15.0 Å². The van der Waals surface area contributed by atoms with Crippen LogP contribution in [0.15, 0.2) is 71.3 Å². The number of amides is 1. The van der Waals surface area contributed by atoms with Crippen molar-refractivity contribution in [2.75, 3.05) is 25.5 Å². The first-order valence-corrected chi connectivity index (χ1v) is 12.6. The number of benzene rings is 3. The smallest absolute Gasteiger partial charge is 0.241 e. The Bertz CT molecular complexity index is 1400. The third kappa shape index (κ3) is 6.12. The van der Waals surface area contributed by atoms with E-state index in [1.165, 1.54) is 12.1 Å². The molecule has 0 saturated carbocycles. The number of carbonyl (C=O) groups is 1. The number of aromatic nitrogens is 2. The van der Waals surface area contributed by atoms with Gasteiger partial charge in [-0.1, -0.05) is 28.9 Å². The highest BCUT2D eigenvalue weighted by Crippen LogP contribution is 2.37. The molecule has 0 radical (unpaired) electrons. The summed E-state index contributed by atoms with van der Waals surface area (Å²) in [5.74, 6) is 1.90. The summed E-state index contributed by atoms with van der Waals surface area (Å²) >= 11 is 6.22. The Morgan fingerprint density at radius 3 is 2.55 bits per heavy atom. The number of hydrogen-bond acceptors (Lipinski definition) is 7. The van der Waals surface area contributed by atoms with Crippen molar-refractivity contribution < 1.29 is 23.2 Å². The Morgan fingerprint density at radius 2 is 1.82 bits per heavy atom. The molecule has 10 heteroatoms. The first-order valence-electron chi connectivity index (χ1n) is 12.2. The van der Waals surface area contributed by atoms with Crippen molar-refractivity contribution in [3.05, 3.63) is 83.5 Å². The molecule has 0 spiro atoms. The fourth-order valence-corrected chi connectivity index (χ4v) is 4.50. The lowest BCUT2D eigenvalue weighted by atomic mass is 9.96. The van der Waals surface area contributed by atoms with E-state index in [-0.39, 0.29) is 17.6 Å². The van der Waals surface area contributed by atoms with Gasteiger partial charge in [0.25, 0.3) is 0 Å². The number of likely N-dealkylation sites (tertiary alicyclic amines) is 1. The van der Waals surface area contributed by atoms with Gasteiger partial charge in [0.1, 0.15) is 5.82 Å². The average Bonchev–Trinajstić information content (AvgIpc) is 3.39. The molecule has 1 amide bonds. The van der Waals surface area contributed by atoms with Crippen LogP contribution in [0.1, 0.15) is 18.7 Å². The van der Waals surface area contributed by atoms with Crippen LogP contribution in [0.4, 0.5) is 10.1 Å². The van der Waals surface area contributed by atoms with Gasteiger partial charge >= 0.3 is 0 Å². The molecule has 4 aromatic rings. The molecule has 1 aliphatic heterocycles. The Morgan fingerprint density at radius 1 is 1.08 bits per heavy atom. The van der Waals surface area contributed by atoms with Gasteiger partial charge in [-0.25, -0.2) is 4.39 Å². The number of nitrogens with zero attached hydrogens (tertiary/aromatic N) is 3. The van der Waals surface area contributed by atoms with Crippen molar-refractivity contribution in [1.29, 1.82) is 0 Å². The maximum absolute atomic E-state index is 13.2. The Balaban J connectivity index is 1.18. The first kappa shape index (κ1) is 25.7. The van der Waals surface area contributed by atoms with E-state index in [1.807, 2.05) is 12.1 Å². The van der Waals surface area contributed by atoms with E-state index in [9.17, 15) is 9.18 Å². The summed E-state index contributed by atoms with van der Waals surface area (Å²) < 4.78 is 30.0. The lowest BCUT2D eigenvalue weighted by Gasteiger charge is -2.30. The minimum absolute atomic E-state index is 0.0896. The molecule has 8 nitrogen and oxygen atoms in total. The molecule has 1 saturated heterocycles. The van der Waals surface area contributed by atoms with E-state index in [0.717, 1.165) is 0 Å². The molecule has 0 bridgehead atoms. The van der Waals surface area contributed by atoms with Gasteiger partial charge in [0.05, 0.1) is 19.3 Å². The molecular weight excluding hydrogens is 511 g/mol. The van der Waals surface area contributed by atoms with Gasteiger partial charge in [0.15, 0.2) is 17.2 Å². The molecule has 5 rings (SSSR count). The van der Waals surface area contributed by atoms with Gasteiger partial charge in [0.2, 0.25) is 17.6 Å². The second kappa shape index (κ2) is 11.6. The fourth-order valence-electron chi connectivity index (χ4n) is 4.33. The van der Waals surface area contributed by atoms with Crippen molar-refractivity contribution >= 4 is 23.2 Å². The SMILES string of the molecule is COc1ccccc1Oc1ccc(Cl)cc1NC(=O)C1CCN(Cc2nc(-c3ccc(F)cc3)no2)CC1. The van der Waals surface area contributed by atoms with E-state index in [0.29, 0.717) is 77.7 Å². The summed E-state index contributed by atoms with van der Waals surface area (Å²) in [5, 5.41) is 7.48. The number of halogens is 2. The van der Waals surface area contributed by atoms with Crippen molar-refractivity contribution in [2.45, 2.75) is 19.4 Å². The van der Waals surface area contributed by atoms with Crippen LogP contribution in [0.2, 0.25) is 5.02 Å². The topological polar surface area (TPSA) is 89.7 Å². The molecule has 196 valence electrons. The Kier molecular flexibility index (Phi) is 7.86. The molecule has 1 aromatic heterocycles. The maximum Gasteiger partial charge on any atom is 0.241 e. The summed E-state index contributed by atoms with van der Waals surface area (Å²) in [5.41, 5.74) is 1.18. The predicted molar refractivity (Wildman–Crippen MR) is 141 cm³/mol. The Hall–Kier alpha value is -3.95. The van der Waals surface area contributed by atoms with Crippen molar-refractivity contribution in [3.8, 4) is 28.6 Å². The largest absolute Gasteiger partial charge is 0.493 e. The number of carbonyl (C=O) groups excluding carboxylic acids is 1. The normalized spacial score (nSPS) is 14.3. The number of nitrogens with one attached hydrogen (secondary N) is 1. The van der Waals surface area contributed by atoms with Gasteiger partial charge in [-0.3, -0.25) is 9.69 Å². The molecule has 1 aliphatic rings. The highest BCUT2D eigenvalue weighted by Gasteiger charge is 2.27. The summed E-state index contributed by atoms with van der Waals surface area (Å²) in [4.78, 5) is 19.7. The third-order valence-corrected chi connectivity index (χ3v) is 6.61. The molecule has 38 heavy (non-hydrogen) atoms. The number of rotatable bonds is 8. The predicted octanol–water partition coefficient (Wildman–Crippen LogP) is 6.18. The summed E-state index contributed by atoms with van der Waals surface area (Å²) in [6, 6.07) is 18.3. The summed E-state index contributed by atoms with van der Waals surface area (Å²) in [6.07, 6.45) is 1.35. The van der Waals surface area contributed by atoms with Crippen LogP contribution in [0, 0.1) is 11.7 Å².